The van der Waals surface area contributed by atoms with Crippen molar-refractivity contribution in [1.82, 2.24) is 9.97 Å². The van der Waals surface area contributed by atoms with Crippen molar-refractivity contribution in [3.05, 3.63) is 76.7 Å². The molecule has 138 valence electrons. The summed E-state index contributed by atoms with van der Waals surface area (Å²) in [5.74, 6) is 0.831. The van der Waals surface area contributed by atoms with E-state index in [0.717, 1.165) is 28.8 Å². The maximum Gasteiger partial charge on any atom is 0.229 e. The van der Waals surface area contributed by atoms with Crippen LogP contribution in [-0.2, 0) is 6.42 Å². The number of fused-ring (bicyclic) bond motifs is 1. The summed E-state index contributed by atoms with van der Waals surface area (Å²) in [4.78, 5) is 11.0. The maximum atomic E-state index is 13.1. The Morgan fingerprint density at radius 2 is 1.81 bits per heavy atom. The third-order valence-electron chi connectivity index (χ3n) is 4.99. The first-order chi connectivity index (χ1) is 13.0. The monoisotopic (exact) mass is 364 g/mol. The van der Waals surface area contributed by atoms with Crippen molar-refractivity contribution in [3.63, 3.8) is 0 Å². The van der Waals surface area contributed by atoms with Crippen molar-refractivity contribution in [2.24, 2.45) is 0 Å². The highest BCUT2D eigenvalue weighted by atomic mass is 19.1. The van der Waals surface area contributed by atoms with Crippen molar-refractivity contribution in [3.8, 4) is 0 Å². The Labute approximate surface area is 157 Å². The summed E-state index contributed by atoms with van der Waals surface area (Å²) in [6.45, 7) is 4.55. The number of aliphatic hydroxyl groups is 1. The van der Waals surface area contributed by atoms with Gasteiger partial charge in [0, 0.05) is 29.1 Å². The quantitative estimate of drug-likeness (QED) is 0.735. The SMILES string of the molecule is Cc1nc(Nc2ccc(F)cc2)nc(N2CCc3ccccc3C2O)c1C. The molecular weight excluding hydrogens is 343 g/mol. The average molecular weight is 364 g/mol. The van der Waals surface area contributed by atoms with Gasteiger partial charge in [0.1, 0.15) is 11.6 Å². The summed E-state index contributed by atoms with van der Waals surface area (Å²) in [6, 6.07) is 14.0. The summed E-state index contributed by atoms with van der Waals surface area (Å²) in [7, 11) is 0. The molecular formula is C21H21FN4O. The Bertz CT molecular complexity index is 974. The van der Waals surface area contributed by atoms with Gasteiger partial charge in [-0.15, -0.1) is 0 Å². The van der Waals surface area contributed by atoms with Gasteiger partial charge >= 0.3 is 0 Å². The van der Waals surface area contributed by atoms with E-state index in [4.69, 9.17) is 0 Å². The third kappa shape index (κ3) is 3.36. The molecule has 1 aromatic heterocycles. The molecule has 0 spiro atoms. The smallest absolute Gasteiger partial charge is 0.229 e. The second-order valence-corrected chi connectivity index (χ2v) is 6.73. The zero-order valence-electron chi connectivity index (χ0n) is 15.3. The Morgan fingerprint density at radius 3 is 2.59 bits per heavy atom. The maximum absolute atomic E-state index is 13.1. The van der Waals surface area contributed by atoms with Crippen molar-refractivity contribution < 1.29 is 9.50 Å². The van der Waals surface area contributed by atoms with Crippen LogP contribution < -0.4 is 10.2 Å². The molecule has 0 fully saturated rings. The minimum Gasteiger partial charge on any atom is -0.369 e. The number of rotatable bonds is 3. The van der Waals surface area contributed by atoms with E-state index in [2.05, 4.69) is 21.4 Å². The van der Waals surface area contributed by atoms with Crippen LogP contribution in [0.2, 0.25) is 0 Å². The molecule has 0 bridgehead atoms. The largest absolute Gasteiger partial charge is 0.369 e. The predicted molar refractivity (Wildman–Crippen MR) is 104 cm³/mol. The van der Waals surface area contributed by atoms with Crippen LogP contribution in [0.5, 0.6) is 0 Å². The van der Waals surface area contributed by atoms with Gasteiger partial charge in [-0.2, -0.15) is 4.98 Å². The number of hydrogen-bond donors (Lipinski definition) is 2. The van der Waals surface area contributed by atoms with Gasteiger partial charge in [0.25, 0.3) is 0 Å². The summed E-state index contributed by atoms with van der Waals surface area (Å²) < 4.78 is 13.1. The normalized spacial score (nSPS) is 16.1. The molecule has 2 heterocycles. The summed E-state index contributed by atoms with van der Waals surface area (Å²) in [5.41, 5.74) is 4.53. The van der Waals surface area contributed by atoms with Crippen LogP contribution in [0.15, 0.2) is 48.5 Å². The number of aryl methyl sites for hydroxylation is 1. The molecule has 1 aliphatic heterocycles. The van der Waals surface area contributed by atoms with E-state index in [1.807, 2.05) is 36.9 Å². The highest BCUT2D eigenvalue weighted by Gasteiger charge is 2.28. The van der Waals surface area contributed by atoms with E-state index >= 15 is 0 Å². The molecule has 1 aliphatic rings. The first-order valence-electron chi connectivity index (χ1n) is 8.93. The molecule has 0 radical (unpaired) electrons. The van der Waals surface area contributed by atoms with Crippen LogP contribution in [0.25, 0.3) is 0 Å². The molecule has 4 rings (SSSR count). The fourth-order valence-electron chi connectivity index (χ4n) is 3.38. The van der Waals surface area contributed by atoms with Crippen molar-refractivity contribution >= 4 is 17.5 Å². The highest BCUT2D eigenvalue weighted by Crippen LogP contribution is 2.34. The van der Waals surface area contributed by atoms with Gasteiger partial charge in [0.05, 0.1) is 0 Å². The van der Waals surface area contributed by atoms with E-state index in [9.17, 15) is 9.50 Å². The molecule has 0 saturated carbocycles. The molecule has 3 aromatic rings. The van der Waals surface area contributed by atoms with Crippen LogP contribution in [0.1, 0.15) is 28.6 Å². The first-order valence-corrected chi connectivity index (χ1v) is 8.93. The number of benzene rings is 2. The van der Waals surface area contributed by atoms with Gasteiger partial charge in [-0.3, -0.25) is 0 Å². The topological polar surface area (TPSA) is 61.3 Å². The molecule has 5 nitrogen and oxygen atoms in total. The molecule has 0 amide bonds. The van der Waals surface area contributed by atoms with Gasteiger partial charge in [0.2, 0.25) is 5.95 Å². The van der Waals surface area contributed by atoms with E-state index in [-0.39, 0.29) is 5.82 Å². The molecule has 2 N–H and O–H groups in total. The number of hydrogen-bond acceptors (Lipinski definition) is 5. The van der Waals surface area contributed by atoms with E-state index in [1.54, 1.807) is 12.1 Å². The van der Waals surface area contributed by atoms with Crippen LogP contribution in [-0.4, -0.2) is 21.6 Å². The fourth-order valence-corrected chi connectivity index (χ4v) is 3.38. The summed E-state index contributed by atoms with van der Waals surface area (Å²) >= 11 is 0. The Hall–Kier alpha value is -2.99. The van der Waals surface area contributed by atoms with E-state index in [0.29, 0.717) is 24.0 Å². The van der Waals surface area contributed by atoms with Gasteiger partial charge in [-0.05, 0) is 50.1 Å². The average Bonchev–Trinajstić information content (AvgIpc) is 2.67. The van der Waals surface area contributed by atoms with Gasteiger partial charge in [-0.25, -0.2) is 9.37 Å². The lowest BCUT2D eigenvalue weighted by Gasteiger charge is -2.35. The lowest BCUT2D eigenvalue weighted by molar-refractivity contribution is 0.163. The van der Waals surface area contributed by atoms with Gasteiger partial charge in [-0.1, -0.05) is 24.3 Å². The Kier molecular flexibility index (Phi) is 4.49. The minimum atomic E-state index is -0.748. The van der Waals surface area contributed by atoms with Crippen LogP contribution in [0.3, 0.4) is 0 Å². The fraction of sp³-hybridized carbons (Fsp3) is 0.238. The molecule has 27 heavy (non-hydrogen) atoms. The molecule has 0 aliphatic carbocycles. The summed E-state index contributed by atoms with van der Waals surface area (Å²) in [6.07, 6.45) is 0.0952. The standard InChI is InChI=1S/C21H21FN4O/c1-13-14(2)23-21(24-17-9-7-16(22)8-10-17)25-19(13)26-12-11-15-5-3-4-6-18(15)20(26)27/h3-10,20,27H,11-12H2,1-2H3,(H,23,24,25). The predicted octanol–water partition coefficient (Wildman–Crippen LogP) is 4.03. The summed E-state index contributed by atoms with van der Waals surface area (Å²) in [5, 5.41) is 14.0. The molecule has 2 aromatic carbocycles. The molecule has 6 heteroatoms. The first kappa shape index (κ1) is 17.4. The number of aliphatic hydroxyl groups excluding tert-OH is 1. The van der Waals surface area contributed by atoms with Crippen molar-refractivity contribution in [2.45, 2.75) is 26.5 Å². The lowest BCUT2D eigenvalue weighted by Crippen LogP contribution is -2.36. The van der Waals surface area contributed by atoms with Crippen LogP contribution in [0.4, 0.5) is 21.8 Å². The number of halogens is 1. The Morgan fingerprint density at radius 1 is 1.07 bits per heavy atom. The van der Waals surface area contributed by atoms with Crippen LogP contribution in [0, 0.1) is 19.7 Å². The number of nitrogens with zero attached hydrogens (tertiary/aromatic N) is 3. The van der Waals surface area contributed by atoms with Gasteiger partial charge < -0.3 is 15.3 Å². The number of aromatic nitrogens is 2. The van der Waals surface area contributed by atoms with E-state index in [1.165, 1.54) is 12.1 Å². The number of nitrogens with one attached hydrogen (secondary N) is 1. The highest BCUT2D eigenvalue weighted by molar-refractivity contribution is 5.59. The molecule has 1 unspecified atom stereocenters. The second-order valence-electron chi connectivity index (χ2n) is 6.73. The number of anilines is 3. The molecule has 1 atom stereocenters. The van der Waals surface area contributed by atoms with Crippen LogP contribution >= 0.6 is 0 Å². The third-order valence-corrected chi connectivity index (χ3v) is 4.99. The minimum absolute atomic E-state index is 0.294. The zero-order valence-corrected chi connectivity index (χ0v) is 15.3. The molecule has 0 saturated heterocycles. The van der Waals surface area contributed by atoms with Crippen molar-refractivity contribution in [1.29, 1.82) is 0 Å². The lowest BCUT2D eigenvalue weighted by atomic mass is 9.98. The van der Waals surface area contributed by atoms with Crippen molar-refractivity contribution in [2.75, 3.05) is 16.8 Å². The zero-order chi connectivity index (χ0) is 19.0. The second kappa shape index (κ2) is 6.96. The van der Waals surface area contributed by atoms with Gasteiger partial charge in [0.15, 0.2) is 6.23 Å². The Balaban J connectivity index is 1.68. The van der Waals surface area contributed by atoms with E-state index < -0.39 is 6.23 Å².